The molecule has 1 N–H and O–H groups in total. The molecule has 6 nitrogen and oxygen atoms in total. The van der Waals surface area contributed by atoms with Crippen LogP contribution in [0, 0.1) is 6.92 Å². The fraction of sp³-hybridized carbons (Fsp3) is 0.417. The van der Waals surface area contributed by atoms with E-state index in [-0.39, 0.29) is 18.4 Å². The monoisotopic (exact) mass is 413 g/mol. The molecule has 0 radical (unpaired) electrons. The van der Waals surface area contributed by atoms with Gasteiger partial charge in [0.25, 0.3) is 5.91 Å². The topological polar surface area (TPSA) is 64.2 Å². The van der Waals surface area contributed by atoms with Gasteiger partial charge in [-0.05, 0) is 51.0 Å². The summed E-state index contributed by atoms with van der Waals surface area (Å²) in [6.45, 7) is 11.2. The molecule has 2 rings (SSSR count). The average molecular weight is 414 g/mol. The van der Waals surface area contributed by atoms with Crippen LogP contribution in [0.2, 0.25) is 0 Å². The lowest BCUT2D eigenvalue weighted by Gasteiger charge is -2.27. The highest BCUT2D eigenvalue weighted by molar-refractivity contribution is 5.78. The van der Waals surface area contributed by atoms with Crippen LogP contribution in [0.1, 0.15) is 30.9 Å². The molecular formula is C24H33N2O4+. The number of quaternary nitrogens is 1. The van der Waals surface area contributed by atoms with E-state index in [1.54, 1.807) is 24.8 Å². The van der Waals surface area contributed by atoms with Crippen molar-refractivity contribution in [2.75, 3.05) is 26.2 Å². The molecule has 1 amide bonds. The molecule has 1 unspecified atom stereocenters. The fourth-order valence-corrected chi connectivity index (χ4v) is 3.29. The third-order valence-electron chi connectivity index (χ3n) is 5.05. The van der Waals surface area contributed by atoms with Gasteiger partial charge in [-0.3, -0.25) is 4.79 Å². The van der Waals surface area contributed by atoms with E-state index < -0.39 is 6.04 Å². The molecule has 0 spiro atoms. The Morgan fingerprint density at radius 3 is 2.57 bits per heavy atom. The summed E-state index contributed by atoms with van der Waals surface area (Å²) in [7, 11) is 0. The number of furan rings is 1. The first kappa shape index (κ1) is 23.4. The number of nitrogens with one attached hydrogen (secondary N) is 1. The van der Waals surface area contributed by atoms with Crippen LogP contribution in [0.5, 0.6) is 0 Å². The van der Waals surface area contributed by atoms with Gasteiger partial charge in [0.1, 0.15) is 11.5 Å². The zero-order valence-electron chi connectivity index (χ0n) is 18.2. The lowest BCUT2D eigenvalue weighted by Crippen LogP contribution is -3.17. The van der Waals surface area contributed by atoms with Gasteiger partial charge in [0.05, 0.1) is 19.7 Å². The summed E-state index contributed by atoms with van der Waals surface area (Å²) >= 11 is 0. The lowest BCUT2D eigenvalue weighted by molar-refractivity contribution is -0.901. The van der Waals surface area contributed by atoms with Gasteiger partial charge < -0.3 is 19.0 Å². The van der Waals surface area contributed by atoms with Gasteiger partial charge in [-0.2, -0.15) is 0 Å². The Hall–Kier alpha value is -2.86. The molecule has 0 aliphatic heterocycles. The maximum absolute atomic E-state index is 13.2. The van der Waals surface area contributed by atoms with Crippen LogP contribution in [0.15, 0.2) is 59.5 Å². The number of aryl methyl sites for hydroxylation is 1. The van der Waals surface area contributed by atoms with Crippen molar-refractivity contribution in [1.29, 1.82) is 0 Å². The van der Waals surface area contributed by atoms with Crippen molar-refractivity contribution in [2.45, 2.75) is 39.8 Å². The van der Waals surface area contributed by atoms with E-state index in [9.17, 15) is 9.59 Å². The quantitative estimate of drug-likeness (QED) is 0.428. The van der Waals surface area contributed by atoms with E-state index in [1.165, 1.54) is 5.56 Å². The minimum Gasteiger partial charge on any atom is -0.464 e. The molecule has 0 fully saturated rings. The van der Waals surface area contributed by atoms with Gasteiger partial charge in [0.2, 0.25) is 0 Å². The van der Waals surface area contributed by atoms with Crippen LogP contribution in [0.4, 0.5) is 0 Å². The second kappa shape index (κ2) is 12.0. The van der Waals surface area contributed by atoms with Gasteiger partial charge in [-0.1, -0.05) is 36.9 Å². The van der Waals surface area contributed by atoms with Gasteiger partial charge in [0.15, 0.2) is 12.6 Å². The molecule has 0 aliphatic rings. The fourth-order valence-electron chi connectivity index (χ4n) is 3.29. The summed E-state index contributed by atoms with van der Waals surface area (Å²) in [5, 5.41) is 0. The first-order valence-corrected chi connectivity index (χ1v) is 10.4. The standard InChI is InChI=1S/C24H32N2O4/c1-5-15-25(20(4)24(28)29-6-2)18-23(27)26(17-22-13-12-19(3)30-22)16-14-21-10-8-7-9-11-21/h5,7-13,20H,1,6,14-18H2,2-4H3/p+1/t20-/m1/s1. The van der Waals surface area contributed by atoms with Crippen molar-refractivity contribution in [3.8, 4) is 0 Å². The Kier molecular flexibility index (Phi) is 9.35. The predicted octanol–water partition coefficient (Wildman–Crippen LogP) is 2.18. The minimum atomic E-state index is -0.450. The summed E-state index contributed by atoms with van der Waals surface area (Å²) in [6, 6.07) is 13.4. The zero-order chi connectivity index (χ0) is 21.9. The number of benzene rings is 1. The van der Waals surface area contributed by atoms with Crippen LogP contribution in [0.25, 0.3) is 0 Å². The van der Waals surface area contributed by atoms with Crippen LogP contribution >= 0.6 is 0 Å². The van der Waals surface area contributed by atoms with Gasteiger partial charge >= 0.3 is 5.97 Å². The largest absolute Gasteiger partial charge is 0.464 e. The predicted molar refractivity (Wildman–Crippen MR) is 116 cm³/mol. The Bertz CT molecular complexity index is 816. The Balaban J connectivity index is 2.11. The Morgan fingerprint density at radius 1 is 1.23 bits per heavy atom. The Labute approximate surface area is 179 Å². The molecule has 2 atom stereocenters. The number of amides is 1. The van der Waals surface area contributed by atoms with E-state index in [2.05, 4.69) is 18.7 Å². The molecule has 1 aromatic heterocycles. The van der Waals surface area contributed by atoms with E-state index >= 15 is 0 Å². The number of nitrogens with zero attached hydrogens (tertiary/aromatic N) is 1. The molecule has 0 aliphatic carbocycles. The second-order valence-electron chi connectivity index (χ2n) is 7.36. The number of hydrogen-bond acceptors (Lipinski definition) is 4. The van der Waals surface area contributed by atoms with Gasteiger partial charge in [-0.25, -0.2) is 4.79 Å². The molecule has 6 heteroatoms. The van der Waals surface area contributed by atoms with Crippen molar-refractivity contribution < 1.29 is 23.6 Å². The SMILES string of the molecule is C=CC[NH+](CC(=O)N(CCc1ccccc1)Cc1ccc(C)o1)[C@H](C)C(=O)OCC. The molecule has 0 saturated heterocycles. The third-order valence-corrected chi connectivity index (χ3v) is 5.05. The van der Waals surface area contributed by atoms with Gasteiger partial charge in [0, 0.05) is 6.54 Å². The molecule has 30 heavy (non-hydrogen) atoms. The molecule has 1 aromatic carbocycles. The van der Waals surface area contributed by atoms with E-state index in [1.807, 2.05) is 37.3 Å². The van der Waals surface area contributed by atoms with Crippen molar-refractivity contribution >= 4 is 11.9 Å². The number of esters is 1. The molecule has 162 valence electrons. The number of carbonyl (C=O) groups is 2. The smallest absolute Gasteiger partial charge is 0.364 e. The summed E-state index contributed by atoms with van der Waals surface area (Å²) in [5.74, 6) is 1.22. The maximum atomic E-state index is 13.2. The van der Waals surface area contributed by atoms with Crippen LogP contribution in [-0.2, 0) is 27.3 Å². The van der Waals surface area contributed by atoms with Crippen LogP contribution < -0.4 is 4.90 Å². The number of rotatable bonds is 12. The van der Waals surface area contributed by atoms with E-state index in [4.69, 9.17) is 9.15 Å². The van der Waals surface area contributed by atoms with Gasteiger partial charge in [-0.15, -0.1) is 0 Å². The highest BCUT2D eigenvalue weighted by Crippen LogP contribution is 2.11. The summed E-state index contributed by atoms with van der Waals surface area (Å²) in [5.41, 5.74) is 1.17. The molecular weight excluding hydrogens is 380 g/mol. The number of hydrogen-bond donors (Lipinski definition) is 1. The van der Waals surface area contributed by atoms with E-state index in [0.29, 0.717) is 26.2 Å². The first-order valence-electron chi connectivity index (χ1n) is 10.4. The highest BCUT2D eigenvalue weighted by Gasteiger charge is 2.29. The highest BCUT2D eigenvalue weighted by atomic mass is 16.5. The normalized spacial score (nSPS) is 12.8. The summed E-state index contributed by atoms with van der Waals surface area (Å²) in [4.78, 5) is 28.0. The van der Waals surface area contributed by atoms with E-state index in [0.717, 1.165) is 22.8 Å². The average Bonchev–Trinajstić information content (AvgIpc) is 3.15. The second-order valence-corrected chi connectivity index (χ2v) is 7.36. The zero-order valence-corrected chi connectivity index (χ0v) is 18.2. The van der Waals surface area contributed by atoms with Crippen molar-refractivity contribution in [3.63, 3.8) is 0 Å². The molecule has 2 aromatic rings. The summed E-state index contributed by atoms with van der Waals surface area (Å²) in [6.07, 6.45) is 2.47. The van der Waals surface area contributed by atoms with Crippen molar-refractivity contribution in [3.05, 3.63) is 72.2 Å². The number of carbonyl (C=O) groups excluding carboxylic acids is 2. The lowest BCUT2D eigenvalue weighted by atomic mass is 10.1. The molecule has 1 heterocycles. The van der Waals surface area contributed by atoms with Crippen molar-refractivity contribution in [1.82, 2.24) is 4.90 Å². The minimum absolute atomic E-state index is 0.0343. The van der Waals surface area contributed by atoms with Crippen LogP contribution in [-0.4, -0.2) is 49.1 Å². The maximum Gasteiger partial charge on any atom is 0.364 e. The van der Waals surface area contributed by atoms with Crippen LogP contribution in [0.3, 0.4) is 0 Å². The Morgan fingerprint density at radius 2 is 1.97 bits per heavy atom. The first-order chi connectivity index (χ1) is 14.4. The summed E-state index contributed by atoms with van der Waals surface area (Å²) < 4.78 is 10.8. The third kappa shape index (κ3) is 7.19. The molecule has 0 saturated carbocycles. The van der Waals surface area contributed by atoms with Crippen molar-refractivity contribution in [2.24, 2.45) is 0 Å². The molecule has 0 bridgehead atoms. The number of ether oxygens (including phenoxy) is 1.